The molecule has 114 valence electrons. The Morgan fingerprint density at radius 1 is 1.00 bits per heavy atom. The first-order valence-electron chi connectivity index (χ1n) is 6.67. The molecule has 0 amide bonds. The van der Waals surface area contributed by atoms with Crippen molar-refractivity contribution in [2.24, 2.45) is 0 Å². The van der Waals surface area contributed by atoms with Gasteiger partial charge in [0.05, 0.1) is 7.11 Å². The van der Waals surface area contributed by atoms with Crippen LogP contribution in [0.2, 0.25) is 0 Å². The lowest BCUT2D eigenvalue weighted by molar-refractivity contribution is -0.141. The number of rotatable bonds is 6. The normalized spacial score (nSPS) is 11.5. The van der Waals surface area contributed by atoms with Gasteiger partial charge in [-0.25, -0.2) is 0 Å². The highest BCUT2D eigenvalue weighted by molar-refractivity contribution is 8.00. The molecule has 4 nitrogen and oxygen atoms in total. The smallest absolute Gasteiger partial charge is 0.304 e. The van der Waals surface area contributed by atoms with Gasteiger partial charge in [-0.3, -0.25) is 9.59 Å². The van der Waals surface area contributed by atoms with Gasteiger partial charge in [-0.05, 0) is 36.4 Å². The zero-order chi connectivity index (χ0) is 15.9. The van der Waals surface area contributed by atoms with E-state index in [4.69, 9.17) is 9.47 Å². The first kappa shape index (κ1) is 16.1. The van der Waals surface area contributed by atoms with Crippen molar-refractivity contribution < 1.29 is 19.1 Å². The van der Waals surface area contributed by atoms with E-state index in [1.165, 1.54) is 18.7 Å². The van der Waals surface area contributed by atoms with Gasteiger partial charge in [0.2, 0.25) is 11.2 Å². The summed E-state index contributed by atoms with van der Waals surface area (Å²) < 4.78 is 10.2. The van der Waals surface area contributed by atoms with E-state index in [1.54, 1.807) is 31.4 Å². The van der Waals surface area contributed by atoms with Gasteiger partial charge in [0.1, 0.15) is 5.75 Å². The SMILES string of the molecule is COc1ccc(C(=O)C(OC(C)=O)Sc2ccccc2)cc1. The third-order valence-corrected chi connectivity index (χ3v) is 3.92. The molecule has 0 radical (unpaired) electrons. The number of ketones is 1. The standard InChI is InChI=1S/C17H16O4S/c1-12(18)21-17(22-15-6-4-3-5-7-15)16(19)13-8-10-14(20-2)11-9-13/h3-11,17H,1-2H3. The zero-order valence-corrected chi connectivity index (χ0v) is 13.1. The molecule has 1 atom stereocenters. The van der Waals surface area contributed by atoms with Gasteiger partial charge in [-0.1, -0.05) is 30.0 Å². The molecule has 0 spiro atoms. The largest absolute Gasteiger partial charge is 0.497 e. The first-order valence-corrected chi connectivity index (χ1v) is 7.55. The van der Waals surface area contributed by atoms with E-state index in [9.17, 15) is 9.59 Å². The lowest BCUT2D eigenvalue weighted by atomic mass is 10.1. The van der Waals surface area contributed by atoms with E-state index in [0.29, 0.717) is 11.3 Å². The number of thioether (sulfide) groups is 1. The van der Waals surface area contributed by atoms with Crippen molar-refractivity contribution in [1.29, 1.82) is 0 Å². The van der Waals surface area contributed by atoms with E-state index in [0.717, 1.165) is 4.90 Å². The van der Waals surface area contributed by atoms with Crippen LogP contribution in [0.3, 0.4) is 0 Å². The minimum Gasteiger partial charge on any atom is -0.497 e. The number of ether oxygens (including phenoxy) is 2. The fraction of sp³-hybridized carbons (Fsp3) is 0.176. The number of benzene rings is 2. The van der Waals surface area contributed by atoms with Crippen LogP contribution in [0, 0.1) is 0 Å². The Kier molecular flexibility index (Phi) is 5.61. The van der Waals surface area contributed by atoms with E-state index < -0.39 is 11.4 Å². The molecule has 0 aliphatic rings. The Labute approximate surface area is 133 Å². The van der Waals surface area contributed by atoms with Crippen LogP contribution in [0.4, 0.5) is 0 Å². The quantitative estimate of drug-likeness (QED) is 0.353. The highest BCUT2D eigenvalue weighted by Crippen LogP contribution is 2.27. The predicted octanol–water partition coefficient (Wildman–Crippen LogP) is 3.56. The van der Waals surface area contributed by atoms with Crippen LogP contribution in [-0.4, -0.2) is 24.3 Å². The maximum Gasteiger partial charge on any atom is 0.304 e. The van der Waals surface area contributed by atoms with Gasteiger partial charge in [0, 0.05) is 17.4 Å². The Bertz CT molecular complexity index is 637. The maximum absolute atomic E-state index is 12.5. The van der Waals surface area contributed by atoms with Gasteiger partial charge in [0.15, 0.2) is 0 Å². The van der Waals surface area contributed by atoms with E-state index in [2.05, 4.69) is 0 Å². The van der Waals surface area contributed by atoms with Gasteiger partial charge in [-0.2, -0.15) is 0 Å². The molecule has 0 aromatic heterocycles. The summed E-state index contributed by atoms with van der Waals surface area (Å²) in [6, 6.07) is 16.1. The molecule has 0 saturated heterocycles. The molecule has 0 aliphatic carbocycles. The van der Waals surface area contributed by atoms with Crippen LogP contribution in [0.1, 0.15) is 17.3 Å². The Hall–Kier alpha value is -2.27. The Balaban J connectivity index is 2.19. The average Bonchev–Trinajstić information content (AvgIpc) is 2.54. The molecule has 1 unspecified atom stereocenters. The summed E-state index contributed by atoms with van der Waals surface area (Å²) in [6.45, 7) is 1.29. The number of methoxy groups -OCH3 is 1. The number of Topliss-reactive ketones (excluding diaryl/α,β-unsaturated/α-hetero) is 1. The minimum absolute atomic E-state index is 0.258. The lowest BCUT2D eigenvalue weighted by Gasteiger charge is -2.15. The average molecular weight is 316 g/mol. The second-order valence-corrected chi connectivity index (χ2v) is 5.60. The Morgan fingerprint density at radius 3 is 2.18 bits per heavy atom. The van der Waals surface area contributed by atoms with Crippen LogP contribution in [-0.2, 0) is 9.53 Å². The highest BCUT2D eigenvalue weighted by Gasteiger charge is 2.24. The van der Waals surface area contributed by atoms with Crippen LogP contribution >= 0.6 is 11.8 Å². The van der Waals surface area contributed by atoms with Gasteiger partial charge >= 0.3 is 5.97 Å². The molecular formula is C17H16O4S. The van der Waals surface area contributed by atoms with Crippen LogP contribution in [0.5, 0.6) is 5.75 Å². The second kappa shape index (κ2) is 7.66. The number of esters is 1. The number of carbonyl (C=O) groups is 2. The molecule has 2 rings (SSSR count). The third-order valence-electron chi connectivity index (χ3n) is 2.85. The summed E-state index contributed by atoms with van der Waals surface area (Å²) in [5, 5.41) is 0. The highest BCUT2D eigenvalue weighted by atomic mass is 32.2. The Morgan fingerprint density at radius 2 is 1.64 bits per heavy atom. The number of hydrogen-bond donors (Lipinski definition) is 0. The van der Waals surface area contributed by atoms with Crippen molar-refractivity contribution in [1.82, 2.24) is 0 Å². The van der Waals surface area contributed by atoms with Crippen LogP contribution < -0.4 is 4.74 Å². The van der Waals surface area contributed by atoms with Crippen molar-refractivity contribution in [3.05, 3.63) is 60.2 Å². The third kappa shape index (κ3) is 4.36. The van der Waals surface area contributed by atoms with Crippen LogP contribution in [0.15, 0.2) is 59.5 Å². The van der Waals surface area contributed by atoms with Crippen molar-refractivity contribution in [2.75, 3.05) is 7.11 Å². The summed E-state index contributed by atoms with van der Waals surface area (Å²) in [7, 11) is 1.56. The van der Waals surface area contributed by atoms with Crippen LogP contribution in [0.25, 0.3) is 0 Å². The number of carbonyl (C=O) groups excluding carboxylic acids is 2. The number of hydrogen-bond acceptors (Lipinski definition) is 5. The summed E-state index contributed by atoms with van der Waals surface area (Å²) in [5.41, 5.74) is -0.441. The summed E-state index contributed by atoms with van der Waals surface area (Å²) in [4.78, 5) is 24.7. The van der Waals surface area contributed by atoms with E-state index in [-0.39, 0.29) is 5.78 Å². The maximum atomic E-state index is 12.5. The van der Waals surface area contributed by atoms with Crippen molar-refractivity contribution in [3.63, 3.8) is 0 Å². The monoisotopic (exact) mass is 316 g/mol. The molecule has 22 heavy (non-hydrogen) atoms. The molecule has 0 fully saturated rings. The van der Waals surface area contributed by atoms with Crippen molar-refractivity contribution in [3.8, 4) is 5.75 Å². The summed E-state index contributed by atoms with van der Waals surface area (Å²) >= 11 is 1.21. The van der Waals surface area contributed by atoms with Gasteiger partial charge < -0.3 is 9.47 Å². The molecule has 2 aromatic rings. The molecule has 0 aliphatic heterocycles. The molecule has 0 N–H and O–H groups in total. The minimum atomic E-state index is -0.909. The molecule has 5 heteroatoms. The van der Waals surface area contributed by atoms with Crippen molar-refractivity contribution >= 4 is 23.5 Å². The molecule has 0 saturated carbocycles. The molecule has 0 bridgehead atoms. The second-order valence-electron chi connectivity index (χ2n) is 4.47. The zero-order valence-electron chi connectivity index (χ0n) is 12.3. The molecule has 2 aromatic carbocycles. The van der Waals surface area contributed by atoms with Crippen molar-refractivity contribution in [2.45, 2.75) is 17.3 Å². The van der Waals surface area contributed by atoms with E-state index in [1.807, 2.05) is 30.3 Å². The fourth-order valence-corrected chi connectivity index (χ4v) is 2.78. The molecule has 0 heterocycles. The predicted molar refractivity (Wildman–Crippen MR) is 85.2 cm³/mol. The first-order chi connectivity index (χ1) is 10.6. The lowest BCUT2D eigenvalue weighted by Crippen LogP contribution is -2.23. The van der Waals surface area contributed by atoms with Gasteiger partial charge in [-0.15, -0.1) is 0 Å². The molecular weight excluding hydrogens is 300 g/mol. The fourth-order valence-electron chi connectivity index (χ4n) is 1.80. The van der Waals surface area contributed by atoms with Gasteiger partial charge in [0.25, 0.3) is 0 Å². The summed E-state index contributed by atoms with van der Waals surface area (Å²) in [5.74, 6) is -0.0849. The summed E-state index contributed by atoms with van der Waals surface area (Å²) in [6.07, 6.45) is 0. The van der Waals surface area contributed by atoms with E-state index >= 15 is 0 Å². The topological polar surface area (TPSA) is 52.6 Å².